The second-order valence-electron chi connectivity index (χ2n) is 4.70. The number of nitro groups is 1. The third-order valence-electron chi connectivity index (χ3n) is 3.16. The molecule has 0 aromatic carbocycles. The van der Waals surface area contributed by atoms with E-state index in [1.807, 2.05) is 24.6 Å². The van der Waals surface area contributed by atoms with Gasteiger partial charge in [0.05, 0.1) is 28.4 Å². The Labute approximate surface area is 111 Å². The summed E-state index contributed by atoms with van der Waals surface area (Å²) in [6, 6.07) is 1.97. The first-order valence-electron chi connectivity index (χ1n) is 6.00. The van der Waals surface area contributed by atoms with Crippen molar-refractivity contribution in [3.63, 3.8) is 0 Å². The monoisotopic (exact) mass is 260 g/mol. The molecule has 0 radical (unpaired) electrons. The first kappa shape index (κ1) is 13.2. The van der Waals surface area contributed by atoms with Crippen LogP contribution in [0.4, 0.5) is 5.69 Å². The van der Waals surface area contributed by atoms with Gasteiger partial charge in [-0.15, -0.1) is 0 Å². The van der Waals surface area contributed by atoms with Crippen LogP contribution in [0.1, 0.15) is 28.2 Å². The Morgan fingerprint density at radius 3 is 2.53 bits per heavy atom. The summed E-state index contributed by atoms with van der Waals surface area (Å²) in [5.41, 5.74) is 3.96. The van der Waals surface area contributed by atoms with Crippen molar-refractivity contribution in [2.24, 2.45) is 0 Å². The highest BCUT2D eigenvalue weighted by Gasteiger charge is 2.19. The van der Waals surface area contributed by atoms with Gasteiger partial charge in [0.15, 0.2) is 0 Å². The third-order valence-corrected chi connectivity index (χ3v) is 3.16. The van der Waals surface area contributed by atoms with E-state index in [2.05, 4.69) is 10.1 Å². The molecule has 0 saturated heterocycles. The molecule has 19 heavy (non-hydrogen) atoms. The van der Waals surface area contributed by atoms with Crippen LogP contribution in [-0.2, 0) is 6.54 Å². The molecular formula is C13H16N4O2. The van der Waals surface area contributed by atoms with E-state index < -0.39 is 0 Å². The second kappa shape index (κ2) is 4.79. The number of pyridine rings is 1. The zero-order valence-corrected chi connectivity index (χ0v) is 11.5. The van der Waals surface area contributed by atoms with E-state index in [4.69, 9.17) is 0 Å². The van der Waals surface area contributed by atoms with Gasteiger partial charge in [0.1, 0.15) is 0 Å². The zero-order chi connectivity index (χ0) is 14.2. The van der Waals surface area contributed by atoms with Gasteiger partial charge in [-0.05, 0) is 33.8 Å². The van der Waals surface area contributed by atoms with E-state index in [9.17, 15) is 10.1 Å². The van der Waals surface area contributed by atoms with Crippen molar-refractivity contribution in [3.8, 4) is 0 Å². The second-order valence-corrected chi connectivity index (χ2v) is 4.70. The number of aryl methyl sites for hydroxylation is 3. The van der Waals surface area contributed by atoms with E-state index in [1.165, 1.54) is 0 Å². The van der Waals surface area contributed by atoms with Crippen LogP contribution < -0.4 is 0 Å². The molecule has 2 aromatic rings. The van der Waals surface area contributed by atoms with Crippen LogP contribution in [0.5, 0.6) is 0 Å². The highest BCUT2D eigenvalue weighted by Crippen LogP contribution is 2.24. The number of rotatable bonds is 3. The number of nitrogens with zero attached hydrogens (tertiary/aromatic N) is 4. The molecule has 0 N–H and O–H groups in total. The molecule has 0 amide bonds. The molecule has 0 spiro atoms. The fourth-order valence-corrected chi connectivity index (χ4v) is 2.18. The molecule has 2 rings (SSSR count). The van der Waals surface area contributed by atoms with Gasteiger partial charge in [0, 0.05) is 17.5 Å². The first-order chi connectivity index (χ1) is 8.90. The molecule has 6 heteroatoms. The van der Waals surface area contributed by atoms with Crippen molar-refractivity contribution < 1.29 is 4.92 Å². The van der Waals surface area contributed by atoms with Crippen molar-refractivity contribution in [1.29, 1.82) is 0 Å². The molecule has 0 saturated carbocycles. The predicted molar refractivity (Wildman–Crippen MR) is 71.2 cm³/mol. The third kappa shape index (κ3) is 2.47. The topological polar surface area (TPSA) is 73.8 Å². The van der Waals surface area contributed by atoms with E-state index in [0.29, 0.717) is 23.4 Å². The molecule has 0 atom stereocenters. The van der Waals surface area contributed by atoms with Crippen molar-refractivity contribution in [2.45, 2.75) is 34.2 Å². The van der Waals surface area contributed by atoms with Crippen LogP contribution >= 0.6 is 0 Å². The number of hydrogen-bond donors (Lipinski definition) is 0. The molecule has 6 nitrogen and oxygen atoms in total. The maximum Gasteiger partial charge on any atom is 0.278 e. The summed E-state index contributed by atoms with van der Waals surface area (Å²) in [6.45, 7) is 7.76. The highest BCUT2D eigenvalue weighted by atomic mass is 16.6. The van der Waals surface area contributed by atoms with Gasteiger partial charge in [-0.2, -0.15) is 5.10 Å². The number of aromatic nitrogens is 3. The Balaban J connectivity index is 2.44. The maximum atomic E-state index is 11.1. The summed E-state index contributed by atoms with van der Waals surface area (Å²) in [5.74, 6) is 0. The summed E-state index contributed by atoms with van der Waals surface area (Å²) < 4.78 is 1.81. The summed E-state index contributed by atoms with van der Waals surface area (Å²) in [4.78, 5) is 15.0. The van der Waals surface area contributed by atoms with Gasteiger partial charge in [0.25, 0.3) is 5.69 Å². The molecule has 0 bridgehead atoms. The largest absolute Gasteiger partial charge is 0.278 e. The molecule has 2 heterocycles. The smallest absolute Gasteiger partial charge is 0.264 e. The van der Waals surface area contributed by atoms with Crippen molar-refractivity contribution >= 4 is 5.69 Å². The molecule has 0 aliphatic rings. The Kier molecular flexibility index (Phi) is 3.33. The van der Waals surface area contributed by atoms with E-state index >= 15 is 0 Å². The standard InChI is InChI=1S/C13H16N4O2/c1-8-6-14-12(11(4)13(8)17(18)19)7-16-10(3)5-9(2)15-16/h5-6H,7H2,1-4H3. The lowest BCUT2D eigenvalue weighted by molar-refractivity contribution is -0.386. The maximum absolute atomic E-state index is 11.1. The molecule has 0 aliphatic carbocycles. The fourth-order valence-electron chi connectivity index (χ4n) is 2.18. The Hall–Kier alpha value is -2.24. The lowest BCUT2D eigenvalue weighted by atomic mass is 10.1. The summed E-state index contributed by atoms with van der Waals surface area (Å²) in [5, 5.41) is 15.4. The highest BCUT2D eigenvalue weighted by molar-refractivity contribution is 5.47. The van der Waals surface area contributed by atoms with Crippen molar-refractivity contribution in [3.05, 3.63) is 50.6 Å². The van der Waals surface area contributed by atoms with Crippen LogP contribution in [0.15, 0.2) is 12.3 Å². The average molecular weight is 260 g/mol. The average Bonchev–Trinajstić information content (AvgIpc) is 2.61. The lowest BCUT2D eigenvalue weighted by Crippen LogP contribution is -2.09. The van der Waals surface area contributed by atoms with Crippen LogP contribution in [-0.4, -0.2) is 19.7 Å². The number of hydrogen-bond acceptors (Lipinski definition) is 4. The minimum Gasteiger partial charge on any atom is -0.264 e. The molecular weight excluding hydrogens is 244 g/mol. The van der Waals surface area contributed by atoms with Crippen LogP contribution in [0, 0.1) is 37.8 Å². The Morgan fingerprint density at radius 2 is 2.00 bits per heavy atom. The predicted octanol–water partition coefficient (Wildman–Crippen LogP) is 2.47. The Morgan fingerprint density at radius 1 is 1.32 bits per heavy atom. The van der Waals surface area contributed by atoms with Crippen molar-refractivity contribution in [2.75, 3.05) is 0 Å². The SMILES string of the molecule is Cc1cc(C)n(Cc2ncc(C)c([N+](=O)[O-])c2C)n1. The van der Waals surface area contributed by atoms with Crippen LogP contribution in [0.25, 0.3) is 0 Å². The van der Waals surface area contributed by atoms with E-state index in [1.54, 1.807) is 20.0 Å². The lowest BCUT2D eigenvalue weighted by Gasteiger charge is -2.08. The Bertz CT molecular complexity index is 646. The van der Waals surface area contributed by atoms with Gasteiger partial charge in [-0.25, -0.2) is 0 Å². The van der Waals surface area contributed by atoms with Gasteiger partial charge in [0.2, 0.25) is 0 Å². The molecule has 2 aromatic heterocycles. The van der Waals surface area contributed by atoms with E-state index in [0.717, 1.165) is 11.4 Å². The summed E-state index contributed by atoms with van der Waals surface area (Å²) in [6.07, 6.45) is 1.55. The minimum absolute atomic E-state index is 0.145. The molecule has 0 unspecified atom stereocenters. The summed E-state index contributed by atoms with van der Waals surface area (Å²) in [7, 11) is 0. The van der Waals surface area contributed by atoms with Crippen LogP contribution in [0.2, 0.25) is 0 Å². The van der Waals surface area contributed by atoms with Gasteiger partial charge >= 0.3 is 0 Å². The van der Waals surface area contributed by atoms with Gasteiger partial charge in [-0.1, -0.05) is 0 Å². The molecule has 100 valence electrons. The normalized spacial score (nSPS) is 10.7. The van der Waals surface area contributed by atoms with Crippen molar-refractivity contribution in [1.82, 2.24) is 14.8 Å². The van der Waals surface area contributed by atoms with Crippen LogP contribution in [0.3, 0.4) is 0 Å². The fraction of sp³-hybridized carbons (Fsp3) is 0.385. The summed E-state index contributed by atoms with van der Waals surface area (Å²) >= 11 is 0. The van der Waals surface area contributed by atoms with E-state index in [-0.39, 0.29) is 10.6 Å². The molecule has 0 fully saturated rings. The quantitative estimate of drug-likeness (QED) is 0.627. The minimum atomic E-state index is -0.350. The molecule has 0 aliphatic heterocycles. The first-order valence-corrected chi connectivity index (χ1v) is 6.00. The van der Waals surface area contributed by atoms with Gasteiger partial charge < -0.3 is 0 Å². The van der Waals surface area contributed by atoms with Gasteiger partial charge in [-0.3, -0.25) is 19.8 Å². The zero-order valence-electron chi connectivity index (χ0n) is 11.5.